The minimum atomic E-state index is -0.885. The van der Waals surface area contributed by atoms with Gasteiger partial charge in [-0.3, -0.25) is 5.41 Å². The topological polar surface area (TPSA) is 59.4 Å². The standard InChI is InChI=1S/C11H12ClNO3/c1-3-15-11(14)16-10(13)8-5-4-7(2)9(12)6-8/h4-6,13H,3H2,1-2H3. The summed E-state index contributed by atoms with van der Waals surface area (Å²) in [7, 11) is 0. The van der Waals surface area contributed by atoms with Gasteiger partial charge in [0.2, 0.25) is 5.90 Å². The van der Waals surface area contributed by atoms with Gasteiger partial charge in [0.15, 0.2) is 0 Å². The fraction of sp³-hybridized carbons (Fsp3) is 0.273. The highest BCUT2D eigenvalue weighted by Gasteiger charge is 2.10. The molecule has 0 radical (unpaired) electrons. The Morgan fingerprint density at radius 3 is 2.75 bits per heavy atom. The number of carbonyl (C=O) groups is 1. The highest BCUT2D eigenvalue weighted by atomic mass is 35.5. The molecule has 0 aromatic heterocycles. The number of aryl methyl sites for hydroxylation is 1. The van der Waals surface area contributed by atoms with E-state index in [0.29, 0.717) is 10.6 Å². The van der Waals surface area contributed by atoms with Gasteiger partial charge in [-0.05, 0) is 31.5 Å². The zero-order chi connectivity index (χ0) is 12.1. The van der Waals surface area contributed by atoms with Crippen LogP contribution in [0.4, 0.5) is 4.79 Å². The van der Waals surface area contributed by atoms with Crippen LogP contribution in [0, 0.1) is 12.3 Å². The third-order valence-electron chi connectivity index (χ3n) is 1.88. The second-order valence-corrected chi connectivity index (χ2v) is 3.49. The lowest BCUT2D eigenvalue weighted by Crippen LogP contribution is -2.13. The first-order chi connectivity index (χ1) is 7.54. The molecule has 0 aliphatic rings. The second kappa shape index (κ2) is 5.51. The normalized spacial score (nSPS) is 9.69. The molecule has 0 bridgehead atoms. The molecule has 1 rings (SSSR count). The van der Waals surface area contributed by atoms with Gasteiger partial charge in [-0.2, -0.15) is 0 Å². The van der Waals surface area contributed by atoms with Crippen LogP contribution in [0.3, 0.4) is 0 Å². The largest absolute Gasteiger partial charge is 0.515 e. The summed E-state index contributed by atoms with van der Waals surface area (Å²) in [6, 6.07) is 4.97. The molecule has 0 saturated heterocycles. The Morgan fingerprint density at radius 1 is 1.50 bits per heavy atom. The van der Waals surface area contributed by atoms with E-state index >= 15 is 0 Å². The van der Waals surface area contributed by atoms with Gasteiger partial charge >= 0.3 is 6.16 Å². The summed E-state index contributed by atoms with van der Waals surface area (Å²) < 4.78 is 9.19. The Kier molecular flexibility index (Phi) is 4.31. The van der Waals surface area contributed by atoms with Crippen molar-refractivity contribution < 1.29 is 14.3 Å². The smallest absolute Gasteiger partial charge is 0.434 e. The Balaban J connectivity index is 2.73. The van der Waals surface area contributed by atoms with Crippen LogP contribution >= 0.6 is 11.6 Å². The van der Waals surface area contributed by atoms with Gasteiger partial charge in [-0.25, -0.2) is 4.79 Å². The molecule has 5 heteroatoms. The molecule has 1 aromatic rings. The van der Waals surface area contributed by atoms with Crippen molar-refractivity contribution in [2.24, 2.45) is 0 Å². The minimum Gasteiger partial charge on any atom is -0.434 e. The molecule has 4 nitrogen and oxygen atoms in total. The number of halogens is 1. The molecule has 86 valence electrons. The molecule has 0 fully saturated rings. The van der Waals surface area contributed by atoms with Crippen molar-refractivity contribution in [1.29, 1.82) is 5.41 Å². The Hall–Kier alpha value is -1.55. The first-order valence-electron chi connectivity index (χ1n) is 4.74. The van der Waals surface area contributed by atoms with Gasteiger partial charge in [0.1, 0.15) is 0 Å². The van der Waals surface area contributed by atoms with Crippen LogP contribution < -0.4 is 0 Å². The van der Waals surface area contributed by atoms with Crippen molar-refractivity contribution in [3.05, 3.63) is 34.3 Å². The molecule has 0 heterocycles. The Morgan fingerprint density at radius 2 is 2.19 bits per heavy atom. The first-order valence-corrected chi connectivity index (χ1v) is 5.12. The first kappa shape index (κ1) is 12.5. The van der Waals surface area contributed by atoms with Gasteiger partial charge in [0.05, 0.1) is 6.61 Å². The highest BCUT2D eigenvalue weighted by Crippen LogP contribution is 2.17. The molecule has 1 N–H and O–H groups in total. The average molecular weight is 242 g/mol. The monoisotopic (exact) mass is 241 g/mol. The van der Waals surface area contributed by atoms with Crippen molar-refractivity contribution in [1.82, 2.24) is 0 Å². The number of hydrogen-bond acceptors (Lipinski definition) is 4. The van der Waals surface area contributed by atoms with E-state index in [2.05, 4.69) is 9.47 Å². The van der Waals surface area contributed by atoms with Crippen LogP contribution in [-0.4, -0.2) is 18.7 Å². The molecule has 0 aliphatic carbocycles. The van der Waals surface area contributed by atoms with Crippen LogP contribution in [0.5, 0.6) is 0 Å². The van der Waals surface area contributed by atoms with Gasteiger partial charge in [0.25, 0.3) is 0 Å². The summed E-state index contributed by atoms with van der Waals surface area (Å²) in [4.78, 5) is 11.0. The lowest BCUT2D eigenvalue weighted by Gasteiger charge is -2.06. The van der Waals surface area contributed by atoms with E-state index in [4.69, 9.17) is 17.0 Å². The van der Waals surface area contributed by atoms with E-state index in [1.165, 1.54) is 0 Å². The number of ether oxygens (including phenoxy) is 2. The zero-order valence-electron chi connectivity index (χ0n) is 9.04. The summed E-state index contributed by atoms with van der Waals surface area (Å²) in [5.74, 6) is -0.277. The average Bonchev–Trinajstić information content (AvgIpc) is 2.22. The van der Waals surface area contributed by atoms with E-state index in [1.54, 1.807) is 25.1 Å². The molecule has 16 heavy (non-hydrogen) atoms. The van der Waals surface area contributed by atoms with E-state index in [-0.39, 0.29) is 12.5 Å². The SMILES string of the molecule is CCOC(=O)OC(=N)c1ccc(C)c(Cl)c1. The molecule has 0 unspecified atom stereocenters. The van der Waals surface area contributed by atoms with Crippen molar-refractivity contribution in [2.75, 3.05) is 6.61 Å². The maximum absolute atomic E-state index is 11.0. The predicted molar refractivity (Wildman–Crippen MR) is 61.1 cm³/mol. The molecule has 0 atom stereocenters. The fourth-order valence-corrected chi connectivity index (χ4v) is 1.20. The van der Waals surface area contributed by atoms with E-state index in [9.17, 15) is 4.79 Å². The Bertz CT molecular complexity index is 418. The quantitative estimate of drug-likeness (QED) is 0.492. The number of nitrogens with one attached hydrogen (secondary N) is 1. The Labute approximate surface area is 98.6 Å². The van der Waals surface area contributed by atoms with Gasteiger partial charge in [-0.15, -0.1) is 0 Å². The summed E-state index contributed by atoms with van der Waals surface area (Å²) in [5.41, 5.74) is 1.33. The lowest BCUT2D eigenvalue weighted by atomic mass is 10.1. The van der Waals surface area contributed by atoms with Crippen LogP contribution in [0.1, 0.15) is 18.1 Å². The van der Waals surface area contributed by atoms with Crippen molar-refractivity contribution in [2.45, 2.75) is 13.8 Å². The van der Waals surface area contributed by atoms with Crippen molar-refractivity contribution >= 4 is 23.7 Å². The summed E-state index contributed by atoms with van der Waals surface area (Å²) >= 11 is 5.89. The molecule has 1 aromatic carbocycles. The minimum absolute atomic E-state index is 0.209. The molecular formula is C11H12ClNO3. The van der Waals surface area contributed by atoms with Gasteiger partial charge in [0, 0.05) is 10.6 Å². The third kappa shape index (κ3) is 3.24. The van der Waals surface area contributed by atoms with Crippen LogP contribution in [-0.2, 0) is 9.47 Å². The predicted octanol–water partition coefficient (Wildman–Crippen LogP) is 3.15. The van der Waals surface area contributed by atoms with Crippen molar-refractivity contribution in [3.8, 4) is 0 Å². The maximum Gasteiger partial charge on any atom is 0.515 e. The molecule has 0 saturated carbocycles. The molecule has 0 spiro atoms. The van der Waals surface area contributed by atoms with Crippen LogP contribution in [0.2, 0.25) is 5.02 Å². The number of benzene rings is 1. The summed E-state index contributed by atoms with van der Waals surface area (Å²) in [6.07, 6.45) is -0.885. The van der Waals surface area contributed by atoms with Gasteiger partial charge in [-0.1, -0.05) is 17.7 Å². The lowest BCUT2D eigenvalue weighted by molar-refractivity contribution is 0.100. The molecular weight excluding hydrogens is 230 g/mol. The number of hydrogen-bond donors (Lipinski definition) is 1. The van der Waals surface area contributed by atoms with E-state index < -0.39 is 6.16 Å². The molecule has 0 amide bonds. The van der Waals surface area contributed by atoms with Crippen molar-refractivity contribution in [3.63, 3.8) is 0 Å². The highest BCUT2D eigenvalue weighted by molar-refractivity contribution is 6.31. The fourth-order valence-electron chi connectivity index (χ4n) is 1.02. The number of carbonyl (C=O) groups excluding carboxylic acids is 1. The number of rotatable bonds is 2. The maximum atomic E-state index is 11.0. The van der Waals surface area contributed by atoms with E-state index in [0.717, 1.165) is 5.56 Å². The van der Waals surface area contributed by atoms with Crippen LogP contribution in [0.15, 0.2) is 18.2 Å². The van der Waals surface area contributed by atoms with Gasteiger partial charge < -0.3 is 9.47 Å². The third-order valence-corrected chi connectivity index (χ3v) is 2.29. The second-order valence-electron chi connectivity index (χ2n) is 3.08. The summed E-state index contributed by atoms with van der Waals surface area (Å²) in [5, 5.41) is 8.05. The zero-order valence-corrected chi connectivity index (χ0v) is 9.80. The summed E-state index contributed by atoms with van der Waals surface area (Å²) in [6.45, 7) is 3.72. The van der Waals surface area contributed by atoms with Crippen LogP contribution in [0.25, 0.3) is 0 Å². The van der Waals surface area contributed by atoms with E-state index in [1.807, 2.05) is 6.92 Å². The molecule has 0 aliphatic heterocycles.